The molecule has 0 fully saturated rings. The van der Waals surface area contributed by atoms with Crippen LogP contribution in [0.2, 0.25) is 0 Å². The van der Waals surface area contributed by atoms with Gasteiger partial charge < -0.3 is 4.90 Å². The van der Waals surface area contributed by atoms with Gasteiger partial charge in [-0.3, -0.25) is 4.79 Å². The fourth-order valence-electron chi connectivity index (χ4n) is 1.37. The van der Waals surface area contributed by atoms with Crippen LogP contribution in [0.15, 0.2) is 30.3 Å². The number of carbonyl (C=O) groups excluding carboxylic acids is 1. The quantitative estimate of drug-likeness (QED) is 0.784. The van der Waals surface area contributed by atoms with Crippen molar-refractivity contribution in [2.45, 2.75) is 6.54 Å². The first kappa shape index (κ1) is 14.7. The predicted octanol–water partition coefficient (Wildman–Crippen LogP) is 0.536. The van der Waals surface area contributed by atoms with Gasteiger partial charge >= 0.3 is 0 Å². The maximum absolute atomic E-state index is 11.8. The van der Waals surface area contributed by atoms with Crippen molar-refractivity contribution in [2.24, 2.45) is 0 Å². The molecule has 0 N–H and O–H groups in total. The van der Waals surface area contributed by atoms with E-state index in [9.17, 15) is 13.2 Å². The molecule has 0 saturated heterocycles. The summed E-state index contributed by atoms with van der Waals surface area (Å²) in [5.74, 6) is -0.230. The molecule has 0 aliphatic rings. The highest BCUT2D eigenvalue weighted by Crippen LogP contribution is 2.03. The van der Waals surface area contributed by atoms with E-state index in [4.69, 9.17) is 0 Å². The third-order valence-corrected chi connectivity index (χ3v) is 3.87. The van der Waals surface area contributed by atoms with Crippen molar-refractivity contribution in [2.75, 3.05) is 26.9 Å². The summed E-state index contributed by atoms with van der Waals surface area (Å²) in [6.07, 6.45) is 1.08. The lowest BCUT2D eigenvalue weighted by Crippen LogP contribution is -2.38. The minimum Gasteiger partial charge on any atom is -0.340 e. The van der Waals surface area contributed by atoms with Crippen LogP contribution in [-0.2, 0) is 21.4 Å². The van der Waals surface area contributed by atoms with Crippen LogP contribution in [0.5, 0.6) is 0 Å². The number of likely N-dealkylation sites (N-methyl/N-ethyl adjacent to an activating group) is 2. The molecule has 1 amide bonds. The van der Waals surface area contributed by atoms with Gasteiger partial charge in [-0.1, -0.05) is 30.3 Å². The van der Waals surface area contributed by atoms with E-state index in [-0.39, 0.29) is 12.5 Å². The monoisotopic (exact) mass is 270 g/mol. The highest BCUT2D eigenvalue weighted by molar-refractivity contribution is 7.88. The van der Waals surface area contributed by atoms with Crippen LogP contribution < -0.4 is 0 Å². The van der Waals surface area contributed by atoms with Gasteiger partial charge in [0.15, 0.2) is 0 Å². The zero-order valence-corrected chi connectivity index (χ0v) is 11.6. The van der Waals surface area contributed by atoms with Gasteiger partial charge in [0.05, 0.1) is 12.8 Å². The summed E-state index contributed by atoms with van der Waals surface area (Å²) in [6.45, 7) is 0.333. The zero-order valence-electron chi connectivity index (χ0n) is 10.8. The first-order valence-electron chi connectivity index (χ1n) is 5.50. The van der Waals surface area contributed by atoms with Crippen LogP contribution in [0.4, 0.5) is 0 Å². The zero-order chi connectivity index (χ0) is 13.8. The van der Waals surface area contributed by atoms with Gasteiger partial charge in [-0.15, -0.1) is 0 Å². The molecule has 0 aliphatic carbocycles. The maximum Gasteiger partial charge on any atom is 0.237 e. The summed E-state index contributed by atoms with van der Waals surface area (Å²) >= 11 is 0. The normalized spacial score (nSPS) is 11.6. The van der Waals surface area contributed by atoms with Crippen molar-refractivity contribution in [1.29, 1.82) is 0 Å². The van der Waals surface area contributed by atoms with Gasteiger partial charge in [0.2, 0.25) is 15.9 Å². The molecule has 100 valence electrons. The minimum atomic E-state index is -3.32. The van der Waals surface area contributed by atoms with E-state index in [1.54, 1.807) is 7.05 Å². The Balaban J connectivity index is 2.58. The van der Waals surface area contributed by atoms with Gasteiger partial charge in [-0.05, 0) is 5.56 Å². The number of nitrogens with zero attached hydrogens (tertiary/aromatic N) is 2. The molecule has 1 aromatic carbocycles. The van der Waals surface area contributed by atoms with Crippen LogP contribution in [0.1, 0.15) is 5.56 Å². The van der Waals surface area contributed by atoms with E-state index in [2.05, 4.69) is 0 Å². The van der Waals surface area contributed by atoms with Crippen molar-refractivity contribution < 1.29 is 13.2 Å². The van der Waals surface area contributed by atoms with Crippen LogP contribution in [-0.4, -0.2) is 50.4 Å². The lowest BCUT2D eigenvalue weighted by Gasteiger charge is -2.20. The average molecular weight is 270 g/mol. The minimum absolute atomic E-state index is 0.137. The molecule has 5 nitrogen and oxygen atoms in total. The number of amides is 1. The predicted molar refractivity (Wildman–Crippen MR) is 70.4 cm³/mol. The van der Waals surface area contributed by atoms with E-state index >= 15 is 0 Å². The molecule has 0 spiro atoms. The molecule has 1 rings (SSSR count). The van der Waals surface area contributed by atoms with Crippen LogP contribution in [0.25, 0.3) is 0 Å². The smallest absolute Gasteiger partial charge is 0.237 e. The molecule has 18 heavy (non-hydrogen) atoms. The summed E-state index contributed by atoms with van der Waals surface area (Å²) in [5.41, 5.74) is 1.01. The van der Waals surface area contributed by atoms with E-state index in [1.807, 2.05) is 30.3 Å². The number of hydrogen-bond acceptors (Lipinski definition) is 3. The Bertz CT molecular complexity index is 499. The van der Waals surface area contributed by atoms with E-state index in [1.165, 1.54) is 11.9 Å². The third-order valence-electron chi connectivity index (χ3n) is 2.61. The Kier molecular flexibility index (Phi) is 4.86. The molecule has 0 radical (unpaired) electrons. The highest BCUT2D eigenvalue weighted by atomic mass is 32.2. The molecule has 0 aromatic heterocycles. The second-order valence-corrected chi connectivity index (χ2v) is 6.34. The topological polar surface area (TPSA) is 57.7 Å². The van der Waals surface area contributed by atoms with Crippen molar-refractivity contribution in [1.82, 2.24) is 9.21 Å². The SMILES string of the molecule is CN(Cc1ccccc1)C(=O)CN(C)S(C)(=O)=O. The van der Waals surface area contributed by atoms with Crippen molar-refractivity contribution in [3.8, 4) is 0 Å². The standard InChI is InChI=1S/C12H18N2O3S/c1-13(9-11-7-5-4-6-8-11)12(15)10-14(2)18(3,16)17/h4-8H,9-10H2,1-3H3. The number of sulfonamides is 1. The van der Waals surface area contributed by atoms with Crippen molar-refractivity contribution in [3.05, 3.63) is 35.9 Å². The average Bonchev–Trinajstić information content (AvgIpc) is 2.28. The number of hydrogen-bond donors (Lipinski definition) is 0. The first-order valence-corrected chi connectivity index (χ1v) is 7.34. The van der Waals surface area contributed by atoms with Crippen molar-refractivity contribution >= 4 is 15.9 Å². The second-order valence-electron chi connectivity index (χ2n) is 4.25. The second kappa shape index (κ2) is 5.97. The number of carbonyl (C=O) groups is 1. The molecule has 1 aromatic rings. The molecule has 0 unspecified atom stereocenters. The summed E-state index contributed by atoms with van der Waals surface area (Å²) in [7, 11) is -0.268. The van der Waals surface area contributed by atoms with Crippen LogP contribution in [0, 0.1) is 0 Å². The Morgan fingerprint density at radius 1 is 1.17 bits per heavy atom. The molecule has 0 bridgehead atoms. The molecule has 0 aliphatic heterocycles. The number of rotatable bonds is 5. The van der Waals surface area contributed by atoms with Crippen LogP contribution in [0.3, 0.4) is 0 Å². The summed E-state index contributed by atoms with van der Waals surface area (Å²) in [4.78, 5) is 13.3. The molecule has 6 heteroatoms. The number of benzene rings is 1. The van der Waals surface area contributed by atoms with E-state index in [0.29, 0.717) is 6.54 Å². The third kappa shape index (κ3) is 4.46. The van der Waals surface area contributed by atoms with Gasteiger partial charge in [0, 0.05) is 20.6 Å². The molecule has 0 heterocycles. The Morgan fingerprint density at radius 2 is 1.72 bits per heavy atom. The van der Waals surface area contributed by atoms with E-state index in [0.717, 1.165) is 16.1 Å². The summed E-state index contributed by atoms with van der Waals surface area (Å²) in [5, 5.41) is 0. The van der Waals surface area contributed by atoms with Gasteiger partial charge in [-0.25, -0.2) is 8.42 Å². The lowest BCUT2D eigenvalue weighted by atomic mass is 10.2. The fourth-order valence-corrected chi connectivity index (χ4v) is 1.72. The summed E-state index contributed by atoms with van der Waals surface area (Å²) in [6, 6.07) is 9.55. The van der Waals surface area contributed by atoms with Crippen LogP contribution >= 0.6 is 0 Å². The maximum atomic E-state index is 11.8. The highest BCUT2D eigenvalue weighted by Gasteiger charge is 2.17. The largest absolute Gasteiger partial charge is 0.340 e. The molecule has 0 atom stereocenters. The Labute approximate surface area is 108 Å². The summed E-state index contributed by atoms with van der Waals surface area (Å²) < 4.78 is 23.4. The molecule has 0 saturated carbocycles. The lowest BCUT2D eigenvalue weighted by molar-refractivity contribution is -0.130. The fraction of sp³-hybridized carbons (Fsp3) is 0.417. The van der Waals surface area contributed by atoms with Gasteiger partial charge in [-0.2, -0.15) is 4.31 Å². The van der Waals surface area contributed by atoms with Gasteiger partial charge in [0.1, 0.15) is 0 Å². The Hall–Kier alpha value is -1.40. The van der Waals surface area contributed by atoms with E-state index < -0.39 is 10.0 Å². The molecular formula is C12H18N2O3S. The molecular weight excluding hydrogens is 252 g/mol. The first-order chi connectivity index (χ1) is 8.30. The van der Waals surface area contributed by atoms with Crippen molar-refractivity contribution in [3.63, 3.8) is 0 Å². The Morgan fingerprint density at radius 3 is 2.22 bits per heavy atom. The van der Waals surface area contributed by atoms with Gasteiger partial charge in [0.25, 0.3) is 0 Å².